The Morgan fingerprint density at radius 3 is 2.38 bits per heavy atom. The highest BCUT2D eigenvalue weighted by molar-refractivity contribution is 5.80. The normalized spacial score (nSPS) is 19.0. The summed E-state index contributed by atoms with van der Waals surface area (Å²) in [4.78, 5) is 18.2. The first-order valence-corrected chi connectivity index (χ1v) is 8.82. The van der Waals surface area contributed by atoms with Gasteiger partial charge in [-0.1, -0.05) is 20.8 Å². The van der Waals surface area contributed by atoms with Crippen LogP contribution in [0.1, 0.15) is 27.2 Å². The Morgan fingerprint density at radius 1 is 1.21 bits per heavy atom. The zero-order chi connectivity index (χ0) is 17.9. The predicted octanol–water partition coefficient (Wildman–Crippen LogP) is 0.707. The number of carbonyl (C=O) groups is 1. The molecule has 2 atom stereocenters. The quantitative estimate of drug-likeness (QED) is 0.384. The Kier molecular flexibility index (Phi) is 9.71. The summed E-state index contributed by atoms with van der Waals surface area (Å²) < 4.78 is 10.2. The van der Waals surface area contributed by atoms with Gasteiger partial charge in [0, 0.05) is 39.3 Å². The van der Waals surface area contributed by atoms with E-state index in [0.717, 1.165) is 39.3 Å². The number of guanidine groups is 1. The molecule has 24 heavy (non-hydrogen) atoms. The summed E-state index contributed by atoms with van der Waals surface area (Å²) in [5.41, 5.74) is 0. The van der Waals surface area contributed by atoms with Crippen molar-refractivity contribution in [1.29, 1.82) is 0 Å². The number of aliphatic imine (C=N–C) groups is 1. The number of ether oxygens (including phenoxy) is 2. The maximum atomic E-state index is 11.5. The van der Waals surface area contributed by atoms with Crippen LogP contribution in [-0.2, 0) is 14.3 Å². The van der Waals surface area contributed by atoms with Crippen molar-refractivity contribution in [2.24, 2.45) is 16.8 Å². The average molecular weight is 342 g/mol. The van der Waals surface area contributed by atoms with E-state index < -0.39 is 0 Å². The molecule has 140 valence electrons. The van der Waals surface area contributed by atoms with Crippen molar-refractivity contribution in [3.05, 3.63) is 0 Å². The first kappa shape index (κ1) is 20.7. The van der Waals surface area contributed by atoms with Crippen molar-refractivity contribution in [2.75, 3.05) is 53.6 Å². The third kappa shape index (κ3) is 7.49. The predicted molar refractivity (Wildman–Crippen MR) is 96.2 cm³/mol. The zero-order valence-electron chi connectivity index (χ0n) is 15.8. The smallest absolute Gasteiger partial charge is 0.310 e. The van der Waals surface area contributed by atoms with Crippen molar-refractivity contribution in [1.82, 2.24) is 15.5 Å². The van der Waals surface area contributed by atoms with Gasteiger partial charge in [0.15, 0.2) is 5.96 Å². The summed E-state index contributed by atoms with van der Waals surface area (Å²) in [5, 5.41) is 6.58. The molecule has 1 aliphatic rings. The molecule has 0 saturated carbocycles. The lowest BCUT2D eigenvalue weighted by atomic mass is 10.0. The van der Waals surface area contributed by atoms with E-state index in [-0.39, 0.29) is 11.9 Å². The van der Waals surface area contributed by atoms with Crippen LogP contribution in [0.25, 0.3) is 0 Å². The minimum Gasteiger partial charge on any atom is -0.469 e. The number of carbonyl (C=O) groups excluding carboxylic acids is 1. The molecule has 7 heteroatoms. The monoisotopic (exact) mass is 342 g/mol. The molecule has 0 radical (unpaired) electrons. The molecule has 1 fully saturated rings. The van der Waals surface area contributed by atoms with Crippen LogP contribution in [0.3, 0.4) is 0 Å². The van der Waals surface area contributed by atoms with Crippen LogP contribution < -0.4 is 10.6 Å². The third-order valence-electron chi connectivity index (χ3n) is 4.21. The maximum absolute atomic E-state index is 11.5. The van der Waals surface area contributed by atoms with Gasteiger partial charge in [0.25, 0.3) is 0 Å². The fourth-order valence-electron chi connectivity index (χ4n) is 2.82. The van der Waals surface area contributed by atoms with E-state index in [1.165, 1.54) is 7.11 Å². The molecule has 2 unspecified atom stereocenters. The van der Waals surface area contributed by atoms with Gasteiger partial charge in [-0.05, 0) is 12.3 Å². The molecule has 0 aromatic carbocycles. The molecule has 0 amide bonds. The highest BCUT2D eigenvalue weighted by Gasteiger charge is 2.22. The maximum Gasteiger partial charge on any atom is 0.310 e. The molecule has 1 rings (SSSR count). The molecule has 7 nitrogen and oxygen atoms in total. The lowest BCUT2D eigenvalue weighted by Gasteiger charge is -2.35. The Morgan fingerprint density at radius 2 is 1.83 bits per heavy atom. The molecule has 1 saturated heterocycles. The second kappa shape index (κ2) is 11.3. The summed E-state index contributed by atoms with van der Waals surface area (Å²) in [6, 6.07) is 0.450. The zero-order valence-corrected chi connectivity index (χ0v) is 15.8. The second-order valence-electron chi connectivity index (χ2n) is 6.69. The molecule has 0 aromatic rings. The number of nitrogens with one attached hydrogen (secondary N) is 2. The van der Waals surface area contributed by atoms with Crippen LogP contribution in [0.5, 0.6) is 0 Å². The van der Waals surface area contributed by atoms with Crippen molar-refractivity contribution in [3.8, 4) is 0 Å². The number of rotatable bonds is 8. The van der Waals surface area contributed by atoms with E-state index in [2.05, 4.69) is 34.4 Å². The van der Waals surface area contributed by atoms with E-state index >= 15 is 0 Å². The van der Waals surface area contributed by atoms with E-state index in [1.807, 2.05) is 6.92 Å². The molecule has 0 spiro atoms. The summed E-state index contributed by atoms with van der Waals surface area (Å²) in [5.74, 6) is 0.921. The van der Waals surface area contributed by atoms with Crippen LogP contribution in [0.2, 0.25) is 0 Å². The SMILES string of the molecule is CN=C(NCC(C)C(=O)OC)NCC(CC(C)C)N1CCOCC1. The Balaban J connectivity index is 2.48. The molecular formula is C17H34N4O3. The van der Waals surface area contributed by atoms with Crippen LogP contribution in [0, 0.1) is 11.8 Å². The largest absolute Gasteiger partial charge is 0.469 e. The van der Waals surface area contributed by atoms with Crippen molar-refractivity contribution in [3.63, 3.8) is 0 Å². The minimum atomic E-state index is -0.219. The molecular weight excluding hydrogens is 308 g/mol. The van der Waals surface area contributed by atoms with Crippen molar-refractivity contribution in [2.45, 2.75) is 33.2 Å². The van der Waals surface area contributed by atoms with E-state index in [9.17, 15) is 4.79 Å². The summed E-state index contributed by atoms with van der Waals surface area (Å²) >= 11 is 0. The van der Waals surface area contributed by atoms with Crippen LogP contribution in [-0.4, -0.2) is 76.4 Å². The highest BCUT2D eigenvalue weighted by atomic mass is 16.5. The number of esters is 1. The number of methoxy groups -OCH3 is 1. The van der Waals surface area contributed by atoms with Gasteiger partial charge in [-0.3, -0.25) is 14.7 Å². The molecule has 0 aliphatic carbocycles. The number of morpholine rings is 1. The minimum absolute atomic E-state index is 0.209. The highest BCUT2D eigenvalue weighted by Crippen LogP contribution is 2.13. The summed E-state index contributed by atoms with van der Waals surface area (Å²) in [6.07, 6.45) is 1.13. The standard InChI is InChI=1S/C17H34N4O3/c1-13(2)10-15(21-6-8-24-9-7-21)12-20-17(18-4)19-11-14(3)16(22)23-5/h13-15H,6-12H2,1-5H3,(H2,18,19,20). The van der Waals surface area contributed by atoms with Gasteiger partial charge in [-0.25, -0.2) is 0 Å². The molecule has 0 bridgehead atoms. The van der Waals surface area contributed by atoms with E-state index in [0.29, 0.717) is 24.5 Å². The van der Waals surface area contributed by atoms with Gasteiger partial charge in [-0.15, -0.1) is 0 Å². The fourth-order valence-corrected chi connectivity index (χ4v) is 2.82. The number of hydrogen-bond acceptors (Lipinski definition) is 5. The topological polar surface area (TPSA) is 75.2 Å². The summed E-state index contributed by atoms with van der Waals surface area (Å²) in [6.45, 7) is 11.2. The van der Waals surface area contributed by atoms with Gasteiger partial charge in [0.1, 0.15) is 0 Å². The Bertz CT molecular complexity index is 395. The van der Waals surface area contributed by atoms with E-state index in [1.54, 1.807) is 7.05 Å². The second-order valence-corrected chi connectivity index (χ2v) is 6.69. The van der Waals surface area contributed by atoms with Crippen LogP contribution in [0.4, 0.5) is 0 Å². The van der Waals surface area contributed by atoms with Crippen molar-refractivity contribution >= 4 is 11.9 Å². The molecule has 1 heterocycles. The van der Waals surface area contributed by atoms with Gasteiger partial charge in [0.2, 0.25) is 0 Å². The van der Waals surface area contributed by atoms with Crippen LogP contribution >= 0.6 is 0 Å². The average Bonchev–Trinajstić information content (AvgIpc) is 2.60. The Labute approximate surface area is 146 Å². The van der Waals surface area contributed by atoms with Gasteiger partial charge in [0.05, 0.1) is 26.2 Å². The molecule has 0 aromatic heterocycles. The van der Waals surface area contributed by atoms with E-state index in [4.69, 9.17) is 9.47 Å². The third-order valence-corrected chi connectivity index (χ3v) is 4.21. The first-order chi connectivity index (χ1) is 11.5. The molecule has 1 aliphatic heterocycles. The van der Waals surface area contributed by atoms with Gasteiger partial charge < -0.3 is 20.1 Å². The number of nitrogens with zero attached hydrogens (tertiary/aromatic N) is 2. The lowest BCUT2D eigenvalue weighted by Crippen LogP contribution is -2.51. The van der Waals surface area contributed by atoms with Gasteiger partial charge >= 0.3 is 5.97 Å². The Hall–Kier alpha value is -1.34. The fraction of sp³-hybridized carbons (Fsp3) is 0.882. The number of hydrogen-bond donors (Lipinski definition) is 2. The lowest BCUT2D eigenvalue weighted by molar-refractivity contribution is -0.144. The first-order valence-electron chi connectivity index (χ1n) is 8.82. The molecule has 2 N–H and O–H groups in total. The van der Waals surface area contributed by atoms with Gasteiger partial charge in [-0.2, -0.15) is 0 Å². The summed E-state index contributed by atoms with van der Waals surface area (Å²) in [7, 11) is 3.15. The van der Waals surface area contributed by atoms with Crippen molar-refractivity contribution < 1.29 is 14.3 Å². The van der Waals surface area contributed by atoms with Crippen LogP contribution in [0.15, 0.2) is 4.99 Å².